The van der Waals surface area contributed by atoms with Crippen molar-refractivity contribution < 1.29 is 0 Å². The van der Waals surface area contributed by atoms with E-state index in [4.69, 9.17) is 17.3 Å². The molecule has 0 saturated carbocycles. The van der Waals surface area contributed by atoms with Gasteiger partial charge in [0.15, 0.2) is 0 Å². The van der Waals surface area contributed by atoms with Crippen molar-refractivity contribution in [1.82, 2.24) is 4.90 Å². The standard InChI is InChI=1S/C16H24BrClN2/c1-11(2)12-5-7-20(8-6-12)16(10-19)14-9-13(18)3-4-15(14)17/h3-4,9,11-12,16H,5-8,10,19H2,1-2H3. The Morgan fingerprint density at radius 3 is 2.55 bits per heavy atom. The molecule has 20 heavy (non-hydrogen) atoms. The van der Waals surface area contributed by atoms with Crippen LogP contribution in [0.4, 0.5) is 0 Å². The van der Waals surface area contributed by atoms with Gasteiger partial charge in [-0.1, -0.05) is 41.4 Å². The second-order valence-electron chi connectivity index (χ2n) is 6.03. The zero-order chi connectivity index (χ0) is 14.7. The SMILES string of the molecule is CC(C)C1CCN(C(CN)c2cc(Cl)ccc2Br)CC1. The molecule has 0 bridgehead atoms. The summed E-state index contributed by atoms with van der Waals surface area (Å²) in [6.45, 7) is 7.54. The molecule has 0 spiro atoms. The Morgan fingerprint density at radius 2 is 2.00 bits per heavy atom. The van der Waals surface area contributed by atoms with Crippen molar-refractivity contribution in [2.45, 2.75) is 32.7 Å². The summed E-state index contributed by atoms with van der Waals surface area (Å²) in [6.07, 6.45) is 2.54. The van der Waals surface area contributed by atoms with Crippen LogP contribution in [0.2, 0.25) is 5.02 Å². The van der Waals surface area contributed by atoms with Crippen molar-refractivity contribution in [2.24, 2.45) is 17.6 Å². The van der Waals surface area contributed by atoms with E-state index in [1.54, 1.807) is 0 Å². The van der Waals surface area contributed by atoms with E-state index >= 15 is 0 Å². The third-order valence-electron chi connectivity index (χ3n) is 4.50. The average Bonchev–Trinajstić information content (AvgIpc) is 2.44. The molecule has 2 nitrogen and oxygen atoms in total. The molecule has 0 amide bonds. The highest BCUT2D eigenvalue weighted by molar-refractivity contribution is 9.10. The van der Waals surface area contributed by atoms with Crippen LogP contribution in [-0.2, 0) is 0 Å². The third-order valence-corrected chi connectivity index (χ3v) is 5.46. The Labute approximate surface area is 135 Å². The van der Waals surface area contributed by atoms with Crippen molar-refractivity contribution in [3.63, 3.8) is 0 Å². The summed E-state index contributed by atoms with van der Waals surface area (Å²) in [5, 5.41) is 0.777. The van der Waals surface area contributed by atoms with Crippen LogP contribution in [-0.4, -0.2) is 24.5 Å². The van der Waals surface area contributed by atoms with Gasteiger partial charge in [-0.3, -0.25) is 4.90 Å². The number of piperidine rings is 1. The van der Waals surface area contributed by atoms with Crippen LogP contribution < -0.4 is 5.73 Å². The van der Waals surface area contributed by atoms with Gasteiger partial charge in [-0.25, -0.2) is 0 Å². The van der Waals surface area contributed by atoms with Gasteiger partial charge in [0, 0.05) is 22.1 Å². The lowest BCUT2D eigenvalue weighted by atomic mass is 9.86. The van der Waals surface area contributed by atoms with Crippen LogP contribution in [0.15, 0.2) is 22.7 Å². The number of halogens is 2. The number of hydrogen-bond donors (Lipinski definition) is 1. The summed E-state index contributed by atoms with van der Waals surface area (Å²) in [5.41, 5.74) is 7.25. The first-order chi connectivity index (χ1) is 9.52. The molecule has 2 N–H and O–H groups in total. The van der Waals surface area contributed by atoms with Crippen LogP contribution in [0.25, 0.3) is 0 Å². The van der Waals surface area contributed by atoms with E-state index in [1.807, 2.05) is 18.2 Å². The van der Waals surface area contributed by atoms with Gasteiger partial charge < -0.3 is 5.73 Å². The Morgan fingerprint density at radius 1 is 1.35 bits per heavy atom. The Bertz CT molecular complexity index is 442. The second-order valence-corrected chi connectivity index (χ2v) is 7.33. The number of nitrogens with two attached hydrogens (primary N) is 1. The molecule has 1 aliphatic heterocycles. The first kappa shape index (κ1) is 16.3. The van der Waals surface area contributed by atoms with Gasteiger partial charge >= 0.3 is 0 Å². The van der Waals surface area contributed by atoms with Gasteiger partial charge in [0.25, 0.3) is 0 Å². The fourth-order valence-corrected chi connectivity index (χ4v) is 3.83. The molecule has 1 heterocycles. The summed E-state index contributed by atoms with van der Waals surface area (Å²) in [5.74, 6) is 1.64. The fraction of sp³-hybridized carbons (Fsp3) is 0.625. The lowest BCUT2D eigenvalue weighted by molar-refractivity contribution is 0.117. The van der Waals surface area contributed by atoms with Crippen molar-refractivity contribution in [3.8, 4) is 0 Å². The normalized spacial score (nSPS) is 19.5. The molecule has 0 radical (unpaired) electrons. The van der Waals surface area contributed by atoms with E-state index in [1.165, 1.54) is 18.4 Å². The predicted octanol–water partition coefficient (Wildman–Crippen LogP) is 4.47. The largest absolute Gasteiger partial charge is 0.329 e. The van der Waals surface area contributed by atoms with E-state index in [9.17, 15) is 0 Å². The number of rotatable bonds is 4. The van der Waals surface area contributed by atoms with Crippen molar-refractivity contribution >= 4 is 27.5 Å². The van der Waals surface area contributed by atoms with Gasteiger partial charge in [-0.15, -0.1) is 0 Å². The van der Waals surface area contributed by atoms with Gasteiger partial charge in [0.05, 0.1) is 0 Å². The zero-order valence-corrected chi connectivity index (χ0v) is 14.6. The van der Waals surface area contributed by atoms with Gasteiger partial charge in [0.1, 0.15) is 0 Å². The monoisotopic (exact) mass is 358 g/mol. The highest BCUT2D eigenvalue weighted by atomic mass is 79.9. The van der Waals surface area contributed by atoms with Crippen molar-refractivity contribution in [1.29, 1.82) is 0 Å². The van der Waals surface area contributed by atoms with Crippen molar-refractivity contribution in [2.75, 3.05) is 19.6 Å². The van der Waals surface area contributed by atoms with E-state index in [-0.39, 0.29) is 6.04 Å². The number of nitrogens with zero attached hydrogens (tertiary/aromatic N) is 1. The molecule has 1 aromatic carbocycles. The summed E-state index contributed by atoms with van der Waals surface area (Å²) in [4.78, 5) is 2.51. The van der Waals surface area contributed by atoms with Crippen LogP contribution in [0.3, 0.4) is 0 Å². The Hall–Kier alpha value is -0.0900. The highest BCUT2D eigenvalue weighted by Gasteiger charge is 2.27. The minimum absolute atomic E-state index is 0.260. The predicted molar refractivity (Wildman–Crippen MR) is 90.1 cm³/mol. The molecule has 1 fully saturated rings. The highest BCUT2D eigenvalue weighted by Crippen LogP contribution is 2.33. The van der Waals surface area contributed by atoms with Crippen LogP contribution in [0.1, 0.15) is 38.3 Å². The molecule has 1 unspecified atom stereocenters. The van der Waals surface area contributed by atoms with Crippen molar-refractivity contribution in [3.05, 3.63) is 33.3 Å². The fourth-order valence-electron chi connectivity index (χ4n) is 3.14. The summed E-state index contributed by atoms with van der Waals surface area (Å²) >= 11 is 9.77. The summed E-state index contributed by atoms with van der Waals surface area (Å²) < 4.78 is 1.10. The number of hydrogen-bond acceptors (Lipinski definition) is 2. The third kappa shape index (κ3) is 3.76. The molecule has 112 valence electrons. The smallest absolute Gasteiger partial charge is 0.0482 e. The molecular formula is C16H24BrClN2. The van der Waals surface area contributed by atoms with Crippen LogP contribution in [0, 0.1) is 11.8 Å². The number of benzene rings is 1. The molecule has 1 aliphatic rings. The minimum Gasteiger partial charge on any atom is -0.329 e. The maximum Gasteiger partial charge on any atom is 0.0482 e. The maximum absolute atomic E-state index is 6.14. The lowest BCUT2D eigenvalue weighted by Crippen LogP contribution is -2.40. The average molecular weight is 360 g/mol. The van der Waals surface area contributed by atoms with Crippen LogP contribution >= 0.6 is 27.5 Å². The molecule has 0 aliphatic carbocycles. The topological polar surface area (TPSA) is 29.3 Å². The molecule has 1 aromatic rings. The Kier molecular flexibility index (Phi) is 5.91. The van der Waals surface area contributed by atoms with Gasteiger partial charge in [0.2, 0.25) is 0 Å². The van der Waals surface area contributed by atoms with Gasteiger partial charge in [-0.05, 0) is 61.5 Å². The first-order valence-corrected chi connectivity index (χ1v) is 8.59. The van der Waals surface area contributed by atoms with E-state index < -0.39 is 0 Å². The maximum atomic E-state index is 6.14. The number of likely N-dealkylation sites (tertiary alicyclic amines) is 1. The minimum atomic E-state index is 0.260. The summed E-state index contributed by atoms with van der Waals surface area (Å²) in [6, 6.07) is 6.23. The van der Waals surface area contributed by atoms with E-state index in [0.29, 0.717) is 6.54 Å². The molecule has 1 saturated heterocycles. The zero-order valence-electron chi connectivity index (χ0n) is 12.3. The molecule has 4 heteroatoms. The quantitative estimate of drug-likeness (QED) is 0.859. The lowest BCUT2D eigenvalue weighted by Gasteiger charge is -2.39. The molecule has 0 aromatic heterocycles. The Balaban J connectivity index is 2.11. The van der Waals surface area contributed by atoms with Gasteiger partial charge in [-0.2, -0.15) is 0 Å². The summed E-state index contributed by atoms with van der Waals surface area (Å²) in [7, 11) is 0. The second kappa shape index (κ2) is 7.26. The molecule has 2 rings (SSSR count). The van der Waals surface area contributed by atoms with Crippen LogP contribution in [0.5, 0.6) is 0 Å². The van der Waals surface area contributed by atoms with E-state index in [2.05, 4.69) is 34.7 Å². The molecule has 1 atom stereocenters. The van der Waals surface area contributed by atoms with E-state index in [0.717, 1.165) is 34.4 Å². The molecular weight excluding hydrogens is 336 g/mol. The first-order valence-electron chi connectivity index (χ1n) is 7.42.